The SMILES string of the molecule is CCCC(=O)OCCc1ccnn(Cc2ccccc2C)c1=O. The van der Waals surface area contributed by atoms with Crippen molar-refractivity contribution >= 4 is 5.97 Å². The van der Waals surface area contributed by atoms with E-state index in [-0.39, 0.29) is 18.1 Å². The van der Waals surface area contributed by atoms with Crippen LogP contribution in [0.5, 0.6) is 0 Å². The summed E-state index contributed by atoms with van der Waals surface area (Å²) in [5.74, 6) is -0.221. The molecule has 0 saturated carbocycles. The Balaban J connectivity index is 2.05. The molecule has 1 aromatic heterocycles. The molecule has 0 unspecified atom stereocenters. The van der Waals surface area contributed by atoms with Crippen molar-refractivity contribution in [3.63, 3.8) is 0 Å². The van der Waals surface area contributed by atoms with Crippen LogP contribution < -0.4 is 5.56 Å². The second-order valence-corrected chi connectivity index (χ2v) is 5.47. The lowest BCUT2D eigenvalue weighted by molar-refractivity contribution is -0.143. The van der Waals surface area contributed by atoms with E-state index in [0.717, 1.165) is 17.5 Å². The number of carbonyl (C=O) groups excluding carboxylic acids is 1. The highest BCUT2D eigenvalue weighted by Crippen LogP contribution is 2.07. The predicted molar refractivity (Wildman–Crippen MR) is 88.3 cm³/mol. The van der Waals surface area contributed by atoms with Crippen LogP contribution in [-0.4, -0.2) is 22.4 Å². The fourth-order valence-electron chi connectivity index (χ4n) is 2.30. The van der Waals surface area contributed by atoms with Crippen LogP contribution in [0.1, 0.15) is 36.5 Å². The van der Waals surface area contributed by atoms with E-state index in [1.165, 1.54) is 4.68 Å². The number of hydrogen-bond donors (Lipinski definition) is 0. The zero-order chi connectivity index (χ0) is 16.7. The first-order valence-electron chi connectivity index (χ1n) is 7.87. The number of rotatable bonds is 7. The lowest BCUT2D eigenvalue weighted by Crippen LogP contribution is -2.27. The van der Waals surface area contributed by atoms with Gasteiger partial charge in [-0.3, -0.25) is 9.59 Å². The van der Waals surface area contributed by atoms with E-state index in [1.54, 1.807) is 12.3 Å². The maximum Gasteiger partial charge on any atom is 0.305 e. The molecule has 5 heteroatoms. The first-order valence-corrected chi connectivity index (χ1v) is 7.87. The van der Waals surface area contributed by atoms with Gasteiger partial charge in [-0.25, -0.2) is 4.68 Å². The third kappa shape index (κ3) is 4.77. The van der Waals surface area contributed by atoms with E-state index < -0.39 is 0 Å². The molecule has 2 rings (SSSR count). The van der Waals surface area contributed by atoms with Crippen LogP contribution in [0.25, 0.3) is 0 Å². The van der Waals surface area contributed by atoms with Crippen molar-refractivity contribution in [3.05, 3.63) is 63.6 Å². The van der Waals surface area contributed by atoms with E-state index in [1.807, 2.05) is 38.1 Å². The predicted octanol–water partition coefficient (Wildman–Crippen LogP) is 2.49. The molecule has 0 spiro atoms. The number of nitrogens with zero attached hydrogens (tertiary/aromatic N) is 2. The number of carbonyl (C=O) groups is 1. The lowest BCUT2D eigenvalue weighted by atomic mass is 10.1. The number of esters is 1. The molecule has 0 aliphatic heterocycles. The Hall–Kier alpha value is -2.43. The van der Waals surface area contributed by atoms with Crippen LogP contribution in [0.3, 0.4) is 0 Å². The highest BCUT2D eigenvalue weighted by molar-refractivity contribution is 5.69. The van der Waals surface area contributed by atoms with Gasteiger partial charge < -0.3 is 4.74 Å². The Morgan fingerprint density at radius 3 is 2.74 bits per heavy atom. The van der Waals surface area contributed by atoms with Gasteiger partial charge in [-0.1, -0.05) is 31.2 Å². The molecule has 0 saturated heterocycles. The molecule has 0 aliphatic rings. The van der Waals surface area contributed by atoms with E-state index in [9.17, 15) is 9.59 Å². The Morgan fingerprint density at radius 1 is 1.22 bits per heavy atom. The summed E-state index contributed by atoms with van der Waals surface area (Å²) in [5, 5.41) is 4.14. The van der Waals surface area contributed by atoms with E-state index in [0.29, 0.717) is 24.9 Å². The van der Waals surface area contributed by atoms with Gasteiger partial charge in [-0.05, 0) is 30.5 Å². The average molecular weight is 314 g/mol. The minimum Gasteiger partial charge on any atom is -0.465 e. The fourth-order valence-corrected chi connectivity index (χ4v) is 2.30. The summed E-state index contributed by atoms with van der Waals surface area (Å²) < 4.78 is 6.56. The van der Waals surface area contributed by atoms with Crippen LogP contribution in [0.2, 0.25) is 0 Å². The largest absolute Gasteiger partial charge is 0.465 e. The lowest BCUT2D eigenvalue weighted by Gasteiger charge is -2.09. The summed E-state index contributed by atoms with van der Waals surface area (Å²) in [4.78, 5) is 23.8. The number of hydrogen-bond acceptors (Lipinski definition) is 4. The molecule has 0 N–H and O–H groups in total. The topological polar surface area (TPSA) is 61.2 Å². The van der Waals surface area contributed by atoms with Crippen molar-refractivity contribution in [2.45, 2.75) is 39.7 Å². The Bertz CT molecular complexity index is 722. The highest BCUT2D eigenvalue weighted by Gasteiger charge is 2.08. The van der Waals surface area contributed by atoms with Crippen LogP contribution in [0.15, 0.2) is 41.3 Å². The van der Waals surface area contributed by atoms with Crippen molar-refractivity contribution in [2.75, 3.05) is 6.61 Å². The summed E-state index contributed by atoms with van der Waals surface area (Å²) >= 11 is 0. The number of benzene rings is 1. The molecule has 0 fully saturated rings. The quantitative estimate of drug-likeness (QED) is 0.737. The van der Waals surface area contributed by atoms with Crippen molar-refractivity contribution in [2.24, 2.45) is 0 Å². The highest BCUT2D eigenvalue weighted by atomic mass is 16.5. The van der Waals surface area contributed by atoms with Gasteiger partial charge in [0.1, 0.15) is 0 Å². The molecule has 1 heterocycles. The van der Waals surface area contributed by atoms with Crippen LogP contribution in [0.4, 0.5) is 0 Å². The summed E-state index contributed by atoms with van der Waals surface area (Å²) in [6.07, 6.45) is 3.19. The average Bonchev–Trinajstić information content (AvgIpc) is 2.53. The minimum atomic E-state index is -0.221. The molecule has 0 radical (unpaired) electrons. The number of aryl methyl sites for hydroxylation is 1. The number of aromatic nitrogens is 2. The second kappa shape index (κ2) is 8.27. The smallest absolute Gasteiger partial charge is 0.305 e. The summed E-state index contributed by atoms with van der Waals surface area (Å²) in [6, 6.07) is 9.60. The van der Waals surface area contributed by atoms with Gasteiger partial charge in [0.2, 0.25) is 0 Å². The Kier molecular flexibility index (Phi) is 6.09. The normalized spacial score (nSPS) is 10.5. The van der Waals surface area contributed by atoms with E-state index >= 15 is 0 Å². The first-order chi connectivity index (χ1) is 11.1. The van der Waals surface area contributed by atoms with Crippen LogP contribution >= 0.6 is 0 Å². The third-order valence-electron chi connectivity index (χ3n) is 3.66. The van der Waals surface area contributed by atoms with Gasteiger partial charge in [0.15, 0.2) is 0 Å². The van der Waals surface area contributed by atoms with Gasteiger partial charge >= 0.3 is 5.97 Å². The van der Waals surface area contributed by atoms with Crippen LogP contribution in [-0.2, 0) is 22.5 Å². The van der Waals surface area contributed by atoms with Crippen molar-refractivity contribution in [3.8, 4) is 0 Å². The molecule has 1 aromatic carbocycles. The zero-order valence-electron chi connectivity index (χ0n) is 13.6. The van der Waals surface area contributed by atoms with Crippen molar-refractivity contribution in [1.82, 2.24) is 9.78 Å². The summed E-state index contributed by atoms with van der Waals surface area (Å²) in [7, 11) is 0. The molecular weight excluding hydrogens is 292 g/mol. The molecule has 0 bridgehead atoms. The Labute approximate surface area is 135 Å². The molecule has 5 nitrogen and oxygen atoms in total. The van der Waals surface area contributed by atoms with Gasteiger partial charge in [0, 0.05) is 24.6 Å². The minimum absolute atomic E-state index is 0.137. The van der Waals surface area contributed by atoms with Crippen molar-refractivity contribution < 1.29 is 9.53 Å². The van der Waals surface area contributed by atoms with E-state index in [2.05, 4.69) is 5.10 Å². The molecule has 0 aliphatic carbocycles. The molecule has 122 valence electrons. The molecule has 0 atom stereocenters. The molecule has 2 aromatic rings. The van der Waals surface area contributed by atoms with E-state index in [4.69, 9.17) is 4.74 Å². The van der Waals surface area contributed by atoms with Gasteiger partial charge in [-0.15, -0.1) is 0 Å². The standard InChI is InChI=1S/C18H22N2O3/c1-3-6-17(21)23-12-10-15-9-11-19-20(18(15)22)13-16-8-5-4-7-14(16)2/h4-5,7-9,11H,3,6,10,12-13H2,1-2H3. The van der Waals surface area contributed by atoms with Gasteiger partial charge in [-0.2, -0.15) is 5.10 Å². The number of ether oxygens (including phenoxy) is 1. The zero-order valence-corrected chi connectivity index (χ0v) is 13.6. The Morgan fingerprint density at radius 2 is 2.00 bits per heavy atom. The summed E-state index contributed by atoms with van der Waals surface area (Å²) in [6.45, 7) is 4.60. The molecule has 23 heavy (non-hydrogen) atoms. The van der Waals surface area contributed by atoms with Gasteiger partial charge in [0.05, 0.1) is 13.2 Å². The van der Waals surface area contributed by atoms with Crippen molar-refractivity contribution in [1.29, 1.82) is 0 Å². The fraction of sp³-hybridized carbons (Fsp3) is 0.389. The summed E-state index contributed by atoms with van der Waals surface area (Å²) in [5.41, 5.74) is 2.66. The van der Waals surface area contributed by atoms with Crippen LogP contribution in [0, 0.1) is 6.92 Å². The monoisotopic (exact) mass is 314 g/mol. The van der Waals surface area contributed by atoms with Gasteiger partial charge in [0.25, 0.3) is 5.56 Å². The molecular formula is C18H22N2O3. The third-order valence-corrected chi connectivity index (χ3v) is 3.66. The first kappa shape index (κ1) is 16.9. The molecule has 0 amide bonds. The maximum absolute atomic E-state index is 12.4. The maximum atomic E-state index is 12.4. The second-order valence-electron chi connectivity index (χ2n) is 5.47.